The highest BCUT2D eigenvalue weighted by Crippen LogP contribution is 2.37. The molecular weight excluding hydrogens is 264 g/mol. The third-order valence-electron chi connectivity index (χ3n) is 4.68. The van der Waals surface area contributed by atoms with Crippen LogP contribution < -0.4 is 4.74 Å². The standard InChI is InChI=1S/C17H26N2O2/c1-18(2)17(8-5-9-17)13-19(3)11-15-10-14(12-20)6-7-16(15)21-4/h6-7,10,12H,5,8-9,11,13H2,1-4H3. The van der Waals surface area contributed by atoms with Crippen molar-refractivity contribution in [1.82, 2.24) is 9.80 Å². The number of ether oxygens (including phenoxy) is 1. The zero-order valence-electron chi connectivity index (χ0n) is 13.6. The summed E-state index contributed by atoms with van der Waals surface area (Å²) in [4.78, 5) is 15.6. The Labute approximate surface area is 127 Å². The molecule has 1 aromatic rings. The van der Waals surface area contributed by atoms with Crippen LogP contribution in [0.3, 0.4) is 0 Å². The van der Waals surface area contributed by atoms with Gasteiger partial charge in [-0.15, -0.1) is 0 Å². The highest BCUT2D eigenvalue weighted by Gasteiger charge is 2.39. The van der Waals surface area contributed by atoms with Crippen LogP contribution in [0.2, 0.25) is 0 Å². The van der Waals surface area contributed by atoms with Gasteiger partial charge in [0.05, 0.1) is 7.11 Å². The summed E-state index contributed by atoms with van der Waals surface area (Å²) in [6.07, 6.45) is 4.72. The lowest BCUT2D eigenvalue weighted by atomic mass is 9.75. The number of aldehydes is 1. The fourth-order valence-electron chi connectivity index (χ4n) is 3.18. The minimum absolute atomic E-state index is 0.310. The van der Waals surface area contributed by atoms with Crippen molar-refractivity contribution >= 4 is 6.29 Å². The Hall–Kier alpha value is -1.39. The molecule has 0 radical (unpaired) electrons. The molecule has 0 atom stereocenters. The van der Waals surface area contributed by atoms with Gasteiger partial charge in [0, 0.05) is 29.8 Å². The van der Waals surface area contributed by atoms with E-state index in [4.69, 9.17) is 4.74 Å². The van der Waals surface area contributed by atoms with Gasteiger partial charge in [0.15, 0.2) is 0 Å². The first-order chi connectivity index (χ1) is 10.0. The maximum atomic E-state index is 11.0. The highest BCUT2D eigenvalue weighted by atomic mass is 16.5. The van der Waals surface area contributed by atoms with E-state index in [0.29, 0.717) is 11.1 Å². The Morgan fingerprint density at radius 1 is 1.29 bits per heavy atom. The topological polar surface area (TPSA) is 32.8 Å². The lowest BCUT2D eigenvalue weighted by Gasteiger charge is -2.49. The van der Waals surface area contributed by atoms with Gasteiger partial charge in [0.2, 0.25) is 0 Å². The van der Waals surface area contributed by atoms with E-state index in [-0.39, 0.29) is 0 Å². The average molecular weight is 290 g/mol. The SMILES string of the molecule is COc1ccc(C=O)cc1CN(C)CC1(N(C)C)CCC1. The van der Waals surface area contributed by atoms with Crippen LogP contribution in [0.5, 0.6) is 5.75 Å². The van der Waals surface area contributed by atoms with Crippen molar-refractivity contribution in [1.29, 1.82) is 0 Å². The third-order valence-corrected chi connectivity index (χ3v) is 4.68. The largest absolute Gasteiger partial charge is 0.496 e. The molecule has 0 unspecified atom stereocenters. The van der Waals surface area contributed by atoms with Gasteiger partial charge in [-0.05, 0) is 58.6 Å². The van der Waals surface area contributed by atoms with Gasteiger partial charge in [0.1, 0.15) is 12.0 Å². The third kappa shape index (κ3) is 3.44. The van der Waals surface area contributed by atoms with E-state index in [9.17, 15) is 4.79 Å². The first-order valence-electron chi connectivity index (χ1n) is 7.49. The van der Waals surface area contributed by atoms with Crippen LogP contribution in [0.15, 0.2) is 18.2 Å². The Balaban J connectivity index is 2.08. The molecule has 1 aromatic carbocycles. The van der Waals surface area contributed by atoms with Crippen molar-refractivity contribution in [3.8, 4) is 5.75 Å². The van der Waals surface area contributed by atoms with Gasteiger partial charge in [0.25, 0.3) is 0 Å². The molecule has 0 aliphatic heterocycles. The highest BCUT2D eigenvalue weighted by molar-refractivity contribution is 5.75. The molecule has 0 saturated heterocycles. The number of hydrogen-bond donors (Lipinski definition) is 0. The number of carbonyl (C=O) groups is 1. The minimum Gasteiger partial charge on any atom is -0.496 e. The fraction of sp³-hybridized carbons (Fsp3) is 0.588. The van der Waals surface area contributed by atoms with Crippen LogP contribution in [0.1, 0.15) is 35.2 Å². The summed E-state index contributed by atoms with van der Waals surface area (Å²) < 4.78 is 5.41. The van der Waals surface area contributed by atoms with Gasteiger partial charge in [-0.2, -0.15) is 0 Å². The predicted molar refractivity (Wildman–Crippen MR) is 85.0 cm³/mol. The monoisotopic (exact) mass is 290 g/mol. The molecule has 116 valence electrons. The molecule has 1 saturated carbocycles. The lowest BCUT2D eigenvalue weighted by Crippen LogP contribution is -2.56. The van der Waals surface area contributed by atoms with Crippen LogP contribution in [0.4, 0.5) is 0 Å². The molecule has 0 aromatic heterocycles. The molecule has 0 N–H and O–H groups in total. The van der Waals surface area contributed by atoms with Crippen molar-refractivity contribution in [2.45, 2.75) is 31.3 Å². The van der Waals surface area contributed by atoms with E-state index in [1.807, 2.05) is 12.1 Å². The Kier molecular flexibility index (Phi) is 5.01. The molecule has 2 rings (SSSR count). The minimum atomic E-state index is 0.310. The predicted octanol–water partition coefficient (Wildman–Crippen LogP) is 2.42. The molecule has 4 nitrogen and oxygen atoms in total. The van der Waals surface area contributed by atoms with E-state index in [0.717, 1.165) is 30.7 Å². The van der Waals surface area contributed by atoms with Gasteiger partial charge < -0.3 is 14.5 Å². The molecular formula is C17H26N2O2. The molecule has 0 heterocycles. The normalized spacial score (nSPS) is 16.9. The van der Waals surface area contributed by atoms with Crippen molar-refractivity contribution < 1.29 is 9.53 Å². The van der Waals surface area contributed by atoms with Crippen LogP contribution >= 0.6 is 0 Å². The molecule has 1 aliphatic rings. The smallest absolute Gasteiger partial charge is 0.150 e. The number of nitrogens with zero attached hydrogens (tertiary/aromatic N) is 2. The summed E-state index contributed by atoms with van der Waals surface area (Å²) in [6, 6.07) is 5.59. The number of carbonyl (C=O) groups excluding carboxylic acids is 1. The maximum Gasteiger partial charge on any atom is 0.150 e. The van der Waals surface area contributed by atoms with E-state index >= 15 is 0 Å². The molecule has 0 spiro atoms. The summed E-state index contributed by atoms with van der Waals surface area (Å²) in [5, 5.41) is 0. The molecule has 21 heavy (non-hydrogen) atoms. The van der Waals surface area contributed by atoms with E-state index in [1.54, 1.807) is 13.2 Å². The molecule has 1 fully saturated rings. The van der Waals surface area contributed by atoms with E-state index < -0.39 is 0 Å². The first kappa shape index (κ1) is 16.0. The van der Waals surface area contributed by atoms with Crippen molar-refractivity contribution in [3.63, 3.8) is 0 Å². The summed E-state index contributed by atoms with van der Waals surface area (Å²) in [5.74, 6) is 0.847. The molecule has 0 bridgehead atoms. The zero-order chi connectivity index (χ0) is 15.5. The summed E-state index contributed by atoms with van der Waals surface area (Å²) in [5.41, 5.74) is 2.08. The van der Waals surface area contributed by atoms with Crippen molar-refractivity contribution in [2.24, 2.45) is 0 Å². The summed E-state index contributed by atoms with van der Waals surface area (Å²) in [7, 11) is 8.14. The molecule has 4 heteroatoms. The molecule has 0 amide bonds. The maximum absolute atomic E-state index is 11.0. The first-order valence-corrected chi connectivity index (χ1v) is 7.49. The van der Waals surface area contributed by atoms with Crippen LogP contribution in [0, 0.1) is 0 Å². The lowest BCUT2D eigenvalue weighted by molar-refractivity contribution is 0.0257. The van der Waals surface area contributed by atoms with Gasteiger partial charge in [-0.25, -0.2) is 0 Å². The van der Waals surface area contributed by atoms with Crippen molar-refractivity contribution in [3.05, 3.63) is 29.3 Å². The second kappa shape index (κ2) is 6.58. The Morgan fingerprint density at radius 2 is 2.00 bits per heavy atom. The van der Waals surface area contributed by atoms with Crippen LogP contribution in [-0.4, -0.2) is 56.4 Å². The quantitative estimate of drug-likeness (QED) is 0.722. The number of methoxy groups -OCH3 is 1. The van der Waals surface area contributed by atoms with Crippen LogP contribution in [0.25, 0.3) is 0 Å². The average Bonchev–Trinajstić information content (AvgIpc) is 2.42. The second-order valence-corrected chi connectivity index (χ2v) is 6.33. The number of hydrogen-bond acceptors (Lipinski definition) is 4. The second-order valence-electron chi connectivity index (χ2n) is 6.33. The Bertz CT molecular complexity index is 496. The van der Waals surface area contributed by atoms with E-state index in [2.05, 4.69) is 30.9 Å². The number of rotatable bonds is 7. The van der Waals surface area contributed by atoms with E-state index in [1.165, 1.54) is 19.3 Å². The van der Waals surface area contributed by atoms with Crippen molar-refractivity contribution in [2.75, 3.05) is 34.8 Å². The van der Waals surface area contributed by atoms with Gasteiger partial charge >= 0.3 is 0 Å². The number of likely N-dealkylation sites (N-methyl/N-ethyl adjacent to an activating group) is 2. The summed E-state index contributed by atoms with van der Waals surface area (Å²) >= 11 is 0. The zero-order valence-corrected chi connectivity index (χ0v) is 13.6. The fourth-order valence-corrected chi connectivity index (χ4v) is 3.18. The van der Waals surface area contributed by atoms with Gasteiger partial charge in [-0.3, -0.25) is 4.79 Å². The summed E-state index contributed by atoms with van der Waals surface area (Å²) in [6.45, 7) is 1.83. The van der Waals surface area contributed by atoms with Gasteiger partial charge in [-0.1, -0.05) is 0 Å². The number of benzene rings is 1. The Morgan fingerprint density at radius 3 is 2.48 bits per heavy atom. The van der Waals surface area contributed by atoms with Crippen LogP contribution in [-0.2, 0) is 6.54 Å². The molecule has 1 aliphatic carbocycles.